The monoisotopic (exact) mass is 261 g/mol. The Hall–Kier alpha value is -1.35. The SMILES string of the molecule is Cc1cccc(C(C)C(=O)N2CCC(CO)CC2)c1. The molecule has 2 rings (SSSR count). The summed E-state index contributed by atoms with van der Waals surface area (Å²) in [5.74, 6) is 0.505. The molecule has 1 atom stereocenters. The molecule has 1 heterocycles. The fourth-order valence-electron chi connectivity index (χ4n) is 2.69. The van der Waals surface area contributed by atoms with E-state index in [1.807, 2.05) is 36.9 Å². The summed E-state index contributed by atoms with van der Waals surface area (Å²) in [6.07, 6.45) is 1.84. The number of rotatable bonds is 3. The molecule has 1 N–H and O–H groups in total. The summed E-state index contributed by atoms with van der Waals surface area (Å²) in [4.78, 5) is 14.4. The zero-order chi connectivity index (χ0) is 13.8. The standard InChI is InChI=1S/C16H23NO2/c1-12-4-3-5-15(10-12)13(2)16(19)17-8-6-14(11-18)7-9-17/h3-5,10,13-14,18H,6-9,11H2,1-2H3. The molecule has 1 unspecified atom stereocenters. The topological polar surface area (TPSA) is 40.5 Å². The van der Waals surface area contributed by atoms with Crippen LogP contribution in [0.5, 0.6) is 0 Å². The molecule has 1 aliphatic rings. The van der Waals surface area contributed by atoms with E-state index in [0.29, 0.717) is 5.92 Å². The first-order chi connectivity index (χ1) is 9.11. The van der Waals surface area contributed by atoms with Gasteiger partial charge in [-0.15, -0.1) is 0 Å². The van der Waals surface area contributed by atoms with Crippen LogP contribution >= 0.6 is 0 Å². The number of benzene rings is 1. The Morgan fingerprint density at radius 1 is 1.42 bits per heavy atom. The molecular weight excluding hydrogens is 238 g/mol. The van der Waals surface area contributed by atoms with Crippen LogP contribution in [0.2, 0.25) is 0 Å². The number of aliphatic hydroxyl groups excluding tert-OH is 1. The van der Waals surface area contributed by atoms with E-state index in [4.69, 9.17) is 5.11 Å². The van der Waals surface area contributed by atoms with E-state index in [2.05, 4.69) is 6.07 Å². The zero-order valence-electron chi connectivity index (χ0n) is 11.8. The summed E-state index contributed by atoms with van der Waals surface area (Å²) < 4.78 is 0. The highest BCUT2D eigenvalue weighted by atomic mass is 16.3. The normalized spacial score (nSPS) is 18.4. The number of nitrogens with zero attached hydrogens (tertiary/aromatic N) is 1. The fourth-order valence-corrected chi connectivity index (χ4v) is 2.69. The zero-order valence-corrected chi connectivity index (χ0v) is 11.8. The van der Waals surface area contributed by atoms with E-state index >= 15 is 0 Å². The summed E-state index contributed by atoms with van der Waals surface area (Å²) in [5.41, 5.74) is 2.28. The lowest BCUT2D eigenvalue weighted by atomic mass is 9.94. The number of likely N-dealkylation sites (tertiary alicyclic amines) is 1. The first-order valence-corrected chi connectivity index (χ1v) is 7.08. The smallest absolute Gasteiger partial charge is 0.229 e. The van der Waals surface area contributed by atoms with Crippen LogP contribution in [-0.2, 0) is 4.79 Å². The second kappa shape index (κ2) is 6.20. The minimum absolute atomic E-state index is 0.0782. The molecule has 19 heavy (non-hydrogen) atoms. The number of hydrogen-bond donors (Lipinski definition) is 1. The van der Waals surface area contributed by atoms with Crippen molar-refractivity contribution in [2.45, 2.75) is 32.6 Å². The predicted molar refractivity (Wildman–Crippen MR) is 76.0 cm³/mol. The second-order valence-corrected chi connectivity index (χ2v) is 5.59. The van der Waals surface area contributed by atoms with Crippen LogP contribution in [0, 0.1) is 12.8 Å². The number of amides is 1. The summed E-state index contributed by atoms with van der Waals surface area (Å²) in [7, 11) is 0. The van der Waals surface area contributed by atoms with Crippen molar-refractivity contribution in [3.05, 3.63) is 35.4 Å². The summed E-state index contributed by atoms with van der Waals surface area (Å²) in [6.45, 7) is 5.83. The largest absolute Gasteiger partial charge is 0.396 e. The third-order valence-corrected chi connectivity index (χ3v) is 4.10. The van der Waals surface area contributed by atoms with Crippen molar-refractivity contribution in [3.8, 4) is 0 Å². The molecule has 0 bridgehead atoms. The first kappa shape index (κ1) is 14.1. The molecule has 3 nitrogen and oxygen atoms in total. The van der Waals surface area contributed by atoms with Crippen molar-refractivity contribution >= 4 is 5.91 Å². The van der Waals surface area contributed by atoms with Crippen molar-refractivity contribution in [1.82, 2.24) is 4.90 Å². The van der Waals surface area contributed by atoms with Crippen LogP contribution in [0.4, 0.5) is 0 Å². The first-order valence-electron chi connectivity index (χ1n) is 7.08. The molecule has 1 aliphatic heterocycles. The van der Waals surface area contributed by atoms with Gasteiger partial charge in [0.2, 0.25) is 5.91 Å². The number of aryl methyl sites for hydroxylation is 1. The van der Waals surface area contributed by atoms with Gasteiger partial charge in [0.05, 0.1) is 5.92 Å². The van der Waals surface area contributed by atoms with Crippen LogP contribution in [0.1, 0.15) is 36.8 Å². The quantitative estimate of drug-likeness (QED) is 0.907. The van der Waals surface area contributed by atoms with E-state index in [-0.39, 0.29) is 18.4 Å². The van der Waals surface area contributed by atoms with Gasteiger partial charge in [-0.1, -0.05) is 29.8 Å². The number of carbonyl (C=O) groups is 1. The van der Waals surface area contributed by atoms with Gasteiger partial charge in [0, 0.05) is 19.7 Å². The minimum atomic E-state index is -0.0782. The number of carbonyl (C=O) groups excluding carboxylic acids is 1. The highest BCUT2D eigenvalue weighted by Gasteiger charge is 2.26. The summed E-state index contributed by atoms with van der Waals surface area (Å²) in [6, 6.07) is 8.17. The molecular formula is C16H23NO2. The van der Waals surface area contributed by atoms with E-state index in [1.165, 1.54) is 5.56 Å². The second-order valence-electron chi connectivity index (χ2n) is 5.59. The molecule has 0 spiro atoms. The molecule has 0 aromatic heterocycles. The third kappa shape index (κ3) is 3.35. The van der Waals surface area contributed by atoms with Gasteiger partial charge in [-0.25, -0.2) is 0 Å². The fraction of sp³-hybridized carbons (Fsp3) is 0.562. The Morgan fingerprint density at radius 2 is 2.11 bits per heavy atom. The molecule has 1 aromatic carbocycles. The maximum atomic E-state index is 12.5. The highest BCUT2D eigenvalue weighted by Crippen LogP contribution is 2.23. The van der Waals surface area contributed by atoms with Crippen molar-refractivity contribution in [3.63, 3.8) is 0 Å². The third-order valence-electron chi connectivity index (χ3n) is 4.10. The molecule has 0 saturated carbocycles. The lowest BCUT2D eigenvalue weighted by molar-refractivity contribution is -0.134. The minimum Gasteiger partial charge on any atom is -0.396 e. The highest BCUT2D eigenvalue weighted by molar-refractivity contribution is 5.83. The Morgan fingerprint density at radius 3 is 2.68 bits per heavy atom. The molecule has 1 saturated heterocycles. The van der Waals surface area contributed by atoms with Gasteiger partial charge in [-0.2, -0.15) is 0 Å². The summed E-state index contributed by atoms with van der Waals surface area (Å²) in [5, 5.41) is 9.13. The molecule has 1 fully saturated rings. The van der Waals surface area contributed by atoms with Crippen LogP contribution in [0.25, 0.3) is 0 Å². The van der Waals surface area contributed by atoms with Crippen molar-refractivity contribution in [2.24, 2.45) is 5.92 Å². The van der Waals surface area contributed by atoms with E-state index in [1.54, 1.807) is 0 Å². The molecule has 104 valence electrons. The molecule has 1 aromatic rings. The van der Waals surface area contributed by atoms with Crippen molar-refractivity contribution < 1.29 is 9.90 Å². The van der Waals surface area contributed by atoms with Gasteiger partial charge >= 0.3 is 0 Å². The molecule has 0 aliphatic carbocycles. The van der Waals surface area contributed by atoms with Gasteiger partial charge in [0.1, 0.15) is 0 Å². The molecule has 1 amide bonds. The average molecular weight is 261 g/mol. The number of aliphatic hydroxyl groups is 1. The lowest BCUT2D eigenvalue weighted by Crippen LogP contribution is -2.41. The Balaban J connectivity index is 2.00. The maximum absolute atomic E-state index is 12.5. The van der Waals surface area contributed by atoms with Gasteiger partial charge in [0.25, 0.3) is 0 Å². The Labute approximate surface area is 115 Å². The van der Waals surface area contributed by atoms with E-state index in [9.17, 15) is 4.79 Å². The lowest BCUT2D eigenvalue weighted by Gasteiger charge is -2.33. The van der Waals surface area contributed by atoms with Crippen LogP contribution in [-0.4, -0.2) is 35.6 Å². The van der Waals surface area contributed by atoms with E-state index in [0.717, 1.165) is 31.5 Å². The van der Waals surface area contributed by atoms with Gasteiger partial charge in [-0.05, 0) is 38.2 Å². The van der Waals surface area contributed by atoms with Gasteiger partial charge < -0.3 is 10.0 Å². The van der Waals surface area contributed by atoms with Crippen molar-refractivity contribution in [2.75, 3.05) is 19.7 Å². The average Bonchev–Trinajstić information content (AvgIpc) is 2.46. The molecule has 3 heteroatoms. The van der Waals surface area contributed by atoms with E-state index < -0.39 is 0 Å². The predicted octanol–water partition coefficient (Wildman–Crippen LogP) is 2.33. The van der Waals surface area contributed by atoms with Gasteiger partial charge in [0.15, 0.2) is 0 Å². The summed E-state index contributed by atoms with van der Waals surface area (Å²) >= 11 is 0. The van der Waals surface area contributed by atoms with Crippen LogP contribution in [0.3, 0.4) is 0 Å². The van der Waals surface area contributed by atoms with Crippen molar-refractivity contribution in [1.29, 1.82) is 0 Å². The molecule has 0 radical (unpaired) electrons. The Bertz CT molecular complexity index is 436. The van der Waals surface area contributed by atoms with Crippen LogP contribution in [0.15, 0.2) is 24.3 Å². The Kier molecular flexibility index (Phi) is 4.59. The number of piperidine rings is 1. The number of hydrogen-bond acceptors (Lipinski definition) is 2. The van der Waals surface area contributed by atoms with Crippen LogP contribution < -0.4 is 0 Å². The van der Waals surface area contributed by atoms with Gasteiger partial charge in [-0.3, -0.25) is 4.79 Å². The maximum Gasteiger partial charge on any atom is 0.229 e.